The average Bonchev–Trinajstić information content (AvgIpc) is 3.51. The van der Waals surface area contributed by atoms with E-state index in [0.717, 1.165) is 52.1 Å². The quantitative estimate of drug-likeness (QED) is 0.339. The molecule has 0 unspecified atom stereocenters. The largest absolute Gasteiger partial charge is 0.505 e. The van der Waals surface area contributed by atoms with Crippen LogP contribution in [0.2, 0.25) is 0 Å². The molecule has 0 spiro atoms. The van der Waals surface area contributed by atoms with E-state index in [9.17, 15) is 14.3 Å². The van der Waals surface area contributed by atoms with Crippen molar-refractivity contribution in [2.24, 2.45) is 0 Å². The van der Waals surface area contributed by atoms with Gasteiger partial charge in [0.05, 0.1) is 22.9 Å². The fourth-order valence-corrected chi connectivity index (χ4v) is 5.93. The number of aromatic nitrogens is 4. The fraction of sp³-hybridized carbons (Fsp3) is 0.433. The highest BCUT2D eigenvalue weighted by atomic mass is 19.1. The summed E-state index contributed by atoms with van der Waals surface area (Å²) in [6, 6.07) is 9.12. The van der Waals surface area contributed by atoms with Crippen LogP contribution in [0.15, 0.2) is 30.3 Å². The van der Waals surface area contributed by atoms with Crippen molar-refractivity contribution in [3.8, 4) is 28.4 Å². The summed E-state index contributed by atoms with van der Waals surface area (Å²) in [6.45, 7) is 8.40. The molecule has 6 rings (SSSR count). The van der Waals surface area contributed by atoms with Crippen LogP contribution in [0.1, 0.15) is 37.7 Å². The summed E-state index contributed by atoms with van der Waals surface area (Å²) in [5, 5.41) is 18.4. The summed E-state index contributed by atoms with van der Waals surface area (Å²) in [5.74, 6) is -0.133. The smallest absolute Gasteiger partial charge is 0.240 e. The molecule has 2 aliphatic heterocycles. The first kappa shape index (κ1) is 26.5. The van der Waals surface area contributed by atoms with Gasteiger partial charge in [-0.05, 0) is 75.3 Å². The van der Waals surface area contributed by atoms with Gasteiger partial charge in [-0.25, -0.2) is 9.37 Å². The summed E-state index contributed by atoms with van der Waals surface area (Å²) in [4.78, 5) is 28.3. The molecule has 1 amide bonds. The number of amides is 1. The number of fused-ring (bicyclic) bond motifs is 2. The molecule has 2 aromatic carbocycles. The number of carbonyl (C=O) groups excluding carboxylic acids is 1. The number of halogens is 1. The van der Waals surface area contributed by atoms with Gasteiger partial charge >= 0.3 is 0 Å². The number of imidazole rings is 1. The minimum Gasteiger partial charge on any atom is -0.505 e. The lowest BCUT2D eigenvalue weighted by Gasteiger charge is -2.46. The van der Waals surface area contributed by atoms with Gasteiger partial charge in [0.25, 0.3) is 0 Å². The topological polar surface area (TPSA) is 104 Å². The summed E-state index contributed by atoms with van der Waals surface area (Å²) in [5.41, 5.74) is 5.89. The van der Waals surface area contributed by atoms with E-state index < -0.39 is 5.82 Å². The van der Waals surface area contributed by atoms with Crippen molar-refractivity contribution in [2.75, 3.05) is 27.2 Å². The second-order valence-electron chi connectivity index (χ2n) is 11.5. The van der Waals surface area contributed by atoms with Crippen molar-refractivity contribution in [3.05, 3.63) is 53.1 Å². The first-order valence-electron chi connectivity index (χ1n) is 13.9. The summed E-state index contributed by atoms with van der Waals surface area (Å²) >= 11 is 0. The number of nitrogens with one attached hydrogen (secondary N) is 2. The molecule has 40 heavy (non-hydrogen) atoms. The van der Waals surface area contributed by atoms with Crippen LogP contribution in [-0.4, -0.2) is 91.2 Å². The maximum absolute atomic E-state index is 14.2. The predicted molar refractivity (Wildman–Crippen MR) is 152 cm³/mol. The summed E-state index contributed by atoms with van der Waals surface area (Å²) in [6.07, 6.45) is 1.23. The highest BCUT2D eigenvalue weighted by Crippen LogP contribution is 2.35. The second kappa shape index (κ2) is 10.0. The molecule has 3 N–H and O–H groups in total. The second-order valence-corrected chi connectivity index (χ2v) is 11.5. The molecular formula is C30H36FN7O2. The molecule has 1 saturated heterocycles. The summed E-state index contributed by atoms with van der Waals surface area (Å²) < 4.78 is 14.2. The normalized spacial score (nSPS) is 18.1. The van der Waals surface area contributed by atoms with Gasteiger partial charge < -0.3 is 19.9 Å². The molecule has 0 radical (unpaired) electrons. The van der Waals surface area contributed by atoms with Crippen LogP contribution < -0.4 is 0 Å². The number of rotatable bonds is 6. The Labute approximate surface area is 233 Å². The Hall–Kier alpha value is -3.76. The van der Waals surface area contributed by atoms with E-state index in [1.165, 1.54) is 12.1 Å². The van der Waals surface area contributed by atoms with Gasteiger partial charge in [-0.2, -0.15) is 5.10 Å². The molecule has 0 bridgehead atoms. The zero-order valence-corrected chi connectivity index (χ0v) is 23.6. The Balaban J connectivity index is 1.29. The number of carbonyl (C=O) groups is 1. The number of benzene rings is 2. The molecule has 10 heteroatoms. The van der Waals surface area contributed by atoms with Crippen LogP contribution >= 0.6 is 0 Å². The highest BCUT2D eigenvalue weighted by Gasteiger charge is 2.41. The maximum atomic E-state index is 14.2. The molecular weight excluding hydrogens is 509 g/mol. The third kappa shape index (κ3) is 4.45. The Morgan fingerprint density at radius 2 is 2.00 bits per heavy atom. The Morgan fingerprint density at radius 3 is 2.70 bits per heavy atom. The first-order valence-corrected chi connectivity index (χ1v) is 13.9. The van der Waals surface area contributed by atoms with E-state index in [-0.39, 0.29) is 23.7 Å². The molecule has 210 valence electrons. The lowest BCUT2D eigenvalue weighted by molar-refractivity contribution is -0.145. The van der Waals surface area contributed by atoms with Crippen molar-refractivity contribution in [1.29, 1.82) is 0 Å². The van der Waals surface area contributed by atoms with Crippen LogP contribution in [0, 0.1) is 5.82 Å². The van der Waals surface area contributed by atoms with Gasteiger partial charge in [0.2, 0.25) is 5.91 Å². The Bertz CT molecular complexity index is 1580. The third-order valence-electron chi connectivity index (χ3n) is 8.50. The van der Waals surface area contributed by atoms with Crippen LogP contribution in [0.3, 0.4) is 0 Å². The van der Waals surface area contributed by atoms with E-state index >= 15 is 0 Å². The van der Waals surface area contributed by atoms with Gasteiger partial charge in [0.15, 0.2) is 17.4 Å². The number of nitrogens with zero attached hydrogens (tertiary/aromatic N) is 5. The minimum atomic E-state index is -0.641. The van der Waals surface area contributed by atoms with E-state index in [0.29, 0.717) is 36.9 Å². The summed E-state index contributed by atoms with van der Waals surface area (Å²) in [7, 11) is 4.11. The minimum absolute atomic E-state index is 0.178. The SMILES string of the molecule is CCc1cc(O)c(F)cc1-c1ccc2c(-c3nc4c([nH]3)CN(C(C)C)[C@H](C(=O)N3CC(N(C)C)C3)C4)n[nH]c2c1. The number of likely N-dealkylation sites (tertiary alicyclic amines) is 1. The lowest BCUT2D eigenvalue weighted by Crippen LogP contribution is -2.64. The third-order valence-corrected chi connectivity index (χ3v) is 8.50. The highest BCUT2D eigenvalue weighted by molar-refractivity contribution is 5.94. The molecule has 2 aliphatic rings. The van der Waals surface area contributed by atoms with Crippen molar-refractivity contribution < 1.29 is 14.3 Å². The van der Waals surface area contributed by atoms with Crippen LogP contribution in [0.5, 0.6) is 5.75 Å². The molecule has 9 nitrogen and oxygen atoms in total. The zero-order valence-electron chi connectivity index (χ0n) is 23.6. The van der Waals surface area contributed by atoms with E-state index in [4.69, 9.17) is 4.98 Å². The number of phenols is 1. The Kier molecular flexibility index (Phi) is 6.62. The zero-order chi connectivity index (χ0) is 28.3. The van der Waals surface area contributed by atoms with Gasteiger partial charge in [0, 0.05) is 43.5 Å². The average molecular weight is 546 g/mol. The van der Waals surface area contributed by atoms with E-state index in [1.54, 1.807) is 0 Å². The number of aromatic hydroxyl groups is 1. The number of H-pyrrole nitrogens is 2. The Morgan fingerprint density at radius 1 is 1.23 bits per heavy atom. The predicted octanol–water partition coefficient (Wildman–Crippen LogP) is 3.93. The number of hydrogen-bond donors (Lipinski definition) is 3. The van der Waals surface area contributed by atoms with Crippen molar-refractivity contribution >= 4 is 16.8 Å². The number of hydrogen-bond acceptors (Lipinski definition) is 6. The molecule has 4 aromatic rings. The van der Waals surface area contributed by atoms with E-state index in [2.05, 4.69) is 52.9 Å². The van der Waals surface area contributed by atoms with Crippen LogP contribution in [0.4, 0.5) is 4.39 Å². The number of aromatic amines is 2. The molecule has 1 atom stereocenters. The van der Waals surface area contributed by atoms with Crippen LogP contribution in [-0.2, 0) is 24.2 Å². The molecule has 0 saturated carbocycles. The first-order chi connectivity index (χ1) is 19.1. The standard InChI is InChI=1S/C30H36FN7O2/c1-6-17-10-27(39)22(31)11-21(17)18-7-8-20-23(9-18)34-35-28(20)29-32-24-12-26(38(16(2)3)15-25(24)33-29)30(40)37-13-19(14-37)36(4)5/h7-11,16,19,26,39H,6,12-15H2,1-5H3,(H,32,33)(H,34,35)/t26-/m0/s1. The number of likely N-dealkylation sites (N-methyl/N-ethyl adjacent to an activating group) is 1. The van der Waals surface area contributed by atoms with Crippen molar-refractivity contribution in [2.45, 2.75) is 58.3 Å². The van der Waals surface area contributed by atoms with Gasteiger partial charge in [-0.1, -0.05) is 13.0 Å². The fourth-order valence-electron chi connectivity index (χ4n) is 5.93. The van der Waals surface area contributed by atoms with Crippen molar-refractivity contribution in [1.82, 2.24) is 34.9 Å². The molecule has 4 heterocycles. The van der Waals surface area contributed by atoms with Crippen LogP contribution in [0.25, 0.3) is 33.5 Å². The maximum Gasteiger partial charge on any atom is 0.240 e. The van der Waals surface area contributed by atoms with Gasteiger partial charge in [0.1, 0.15) is 5.69 Å². The lowest BCUT2D eigenvalue weighted by atomic mass is 9.96. The monoisotopic (exact) mass is 545 g/mol. The number of aryl methyl sites for hydroxylation is 1. The van der Waals surface area contributed by atoms with Crippen molar-refractivity contribution in [3.63, 3.8) is 0 Å². The molecule has 1 fully saturated rings. The number of phenolic OH excluding ortho intramolecular Hbond substituents is 1. The molecule has 0 aliphatic carbocycles. The van der Waals surface area contributed by atoms with E-state index in [1.807, 2.05) is 30.0 Å². The van der Waals surface area contributed by atoms with Gasteiger partial charge in [-0.15, -0.1) is 0 Å². The van der Waals surface area contributed by atoms with Gasteiger partial charge in [-0.3, -0.25) is 14.8 Å². The molecule has 2 aromatic heterocycles.